The van der Waals surface area contributed by atoms with E-state index in [2.05, 4.69) is 4.98 Å². The number of halogens is 2. The van der Waals surface area contributed by atoms with Crippen LogP contribution in [0.1, 0.15) is 37.3 Å². The van der Waals surface area contributed by atoms with Crippen LogP contribution in [-0.2, 0) is 0 Å². The van der Waals surface area contributed by atoms with Gasteiger partial charge < -0.3 is 4.98 Å². The number of H-pyrrole nitrogens is 1. The van der Waals surface area contributed by atoms with Gasteiger partial charge in [0.1, 0.15) is 5.82 Å². The number of aromatic nitrogens is 1. The first kappa shape index (κ1) is 11.7. The van der Waals surface area contributed by atoms with Crippen LogP contribution in [0.3, 0.4) is 0 Å². The summed E-state index contributed by atoms with van der Waals surface area (Å²) in [6, 6.07) is 4.24. The minimum Gasteiger partial charge on any atom is -0.357 e. The second-order valence-corrected chi connectivity index (χ2v) is 5.26. The summed E-state index contributed by atoms with van der Waals surface area (Å²) >= 11 is 6.04. The fourth-order valence-electron chi connectivity index (χ4n) is 2.77. The van der Waals surface area contributed by atoms with Crippen LogP contribution in [-0.4, -0.2) is 4.98 Å². The average molecular weight is 266 g/mol. The summed E-state index contributed by atoms with van der Waals surface area (Å²) < 4.78 is 13.7. The van der Waals surface area contributed by atoms with E-state index in [1.807, 2.05) is 0 Å². The Hall–Kier alpha value is -1.35. The van der Waals surface area contributed by atoms with Gasteiger partial charge in [-0.05, 0) is 30.9 Å². The van der Waals surface area contributed by atoms with Crippen LogP contribution in [0.25, 0.3) is 10.9 Å². The molecule has 1 heterocycles. The third-order valence-corrected chi connectivity index (χ3v) is 4.02. The molecule has 94 valence electrons. The molecule has 1 N–H and O–H groups in total. The molecule has 1 aliphatic carbocycles. The number of fused-ring (bicyclic) bond motifs is 1. The maximum absolute atomic E-state index is 13.7. The lowest BCUT2D eigenvalue weighted by Gasteiger charge is -2.11. The molecular weight excluding hydrogens is 253 g/mol. The monoisotopic (exact) mass is 265 g/mol. The van der Waals surface area contributed by atoms with E-state index in [1.165, 1.54) is 31.0 Å². The van der Waals surface area contributed by atoms with Crippen molar-refractivity contribution in [2.45, 2.75) is 31.6 Å². The Labute approximate surface area is 109 Å². The van der Waals surface area contributed by atoms with Gasteiger partial charge in [0, 0.05) is 11.8 Å². The molecule has 0 spiro atoms. The largest absolute Gasteiger partial charge is 0.357 e. The SMILES string of the molecule is O=c1cc(C2CCCC2)[nH]c2c(Cl)ccc(F)c12. The van der Waals surface area contributed by atoms with Crippen LogP contribution in [0, 0.1) is 5.82 Å². The van der Waals surface area contributed by atoms with Crippen molar-refractivity contribution in [1.29, 1.82) is 0 Å². The molecule has 1 fully saturated rings. The van der Waals surface area contributed by atoms with E-state index in [0.29, 0.717) is 16.5 Å². The van der Waals surface area contributed by atoms with Crippen LogP contribution >= 0.6 is 11.6 Å². The van der Waals surface area contributed by atoms with Gasteiger partial charge in [-0.3, -0.25) is 4.79 Å². The zero-order chi connectivity index (χ0) is 12.7. The van der Waals surface area contributed by atoms with Crippen molar-refractivity contribution >= 4 is 22.5 Å². The smallest absolute Gasteiger partial charge is 0.192 e. The lowest BCUT2D eigenvalue weighted by Crippen LogP contribution is -2.09. The van der Waals surface area contributed by atoms with E-state index >= 15 is 0 Å². The first-order chi connectivity index (χ1) is 8.66. The number of hydrogen-bond donors (Lipinski definition) is 1. The van der Waals surface area contributed by atoms with Crippen LogP contribution in [0.2, 0.25) is 5.02 Å². The standard InChI is InChI=1S/C14H13ClFNO/c15-9-5-6-10(16)13-12(18)7-11(17-14(9)13)8-3-1-2-4-8/h5-8H,1-4H2,(H,17,18). The van der Waals surface area contributed by atoms with Gasteiger partial charge in [-0.25, -0.2) is 4.39 Å². The maximum atomic E-state index is 13.7. The molecule has 1 aliphatic rings. The highest BCUT2D eigenvalue weighted by Gasteiger charge is 2.20. The van der Waals surface area contributed by atoms with Gasteiger partial charge in [0.25, 0.3) is 0 Å². The predicted molar refractivity (Wildman–Crippen MR) is 70.7 cm³/mol. The minimum atomic E-state index is -0.520. The van der Waals surface area contributed by atoms with Crippen LogP contribution < -0.4 is 5.43 Å². The lowest BCUT2D eigenvalue weighted by molar-refractivity contribution is 0.638. The van der Waals surface area contributed by atoms with Crippen LogP contribution in [0.15, 0.2) is 23.0 Å². The van der Waals surface area contributed by atoms with Crippen LogP contribution in [0.5, 0.6) is 0 Å². The molecule has 4 heteroatoms. The van der Waals surface area contributed by atoms with E-state index in [4.69, 9.17) is 11.6 Å². The molecule has 0 radical (unpaired) electrons. The highest BCUT2D eigenvalue weighted by atomic mass is 35.5. The van der Waals surface area contributed by atoms with Gasteiger partial charge in [-0.1, -0.05) is 24.4 Å². The summed E-state index contributed by atoms with van der Waals surface area (Å²) in [5.74, 6) is -0.143. The zero-order valence-electron chi connectivity index (χ0n) is 9.80. The molecule has 3 rings (SSSR count). The van der Waals surface area contributed by atoms with E-state index < -0.39 is 5.82 Å². The first-order valence-corrected chi connectivity index (χ1v) is 6.55. The zero-order valence-corrected chi connectivity index (χ0v) is 10.6. The number of nitrogens with one attached hydrogen (secondary N) is 1. The molecular formula is C14H13ClFNO. The number of rotatable bonds is 1. The van der Waals surface area contributed by atoms with Crippen molar-refractivity contribution in [3.63, 3.8) is 0 Å². The highest BCUT2D eigenvalue weighted by Crippen LogP contribution is 2.33. The van der Waals surface area contributed by atoms with Gasteiger partial charge in [0.05, 0.1) is 15.9 Å². The number of hydrogen-bond acceptors (Lipinski definition) is 1. The summed E-state index contributed by atoms with van der Waals surface area (Å²) in [4.78, 5) is 15.2. The number of benzene rings is 1. The first-order valence-electron chi connectivity index (χ1n) is 6.18. The van der Waals surface area contributed by atoms with Crippen molar-refractivity contribution in [1.82, 2.24) is 4.98 Å². The van der Waals surface area contributed by atoms with E-state index in [9.17, 15) is 9.18 Å². The van der Waals surface area contributed by atoms with Gasteiger partial charge >= 0.3 is 0 Å². The molecule has 1 aromatic heterocycles. The Kier molecular flexibility index (Phi) is 2.86. The summed E-state index contributed by atoms with van der Waals surface area (Å²) in [6.45, 7) is 0. The van der Waals surface area contributed by atoms with Crippen molar-refractivity contribution in [3.05, 3.63) is 45.0 Å². The number of aromatic amines is 1. The molecule has 0 aliphatic heterocycles. The van der Waals surface area contributed by atoms with Crippen molar-refractivity contribution in [3.8, 4) is 0 Å². The number of pyridine rings is 1. The fourth-order valence-corrected chi connectivity index (χ4v) is 2.97. The summed E-state index contributed by atoms with van der Waals surface area (Å²) in [6.07, 6.45) is 4.52. The Balaban J connectivity index is 2.26. The molecule has 0 amide bonds. The topological polar surface area (TPSA) is 32.9 Å². The molecule has 0 atom stereocenters. The maximum Gasteiger partial charge on any atom is 0.192 e. The van der Waals surface area contributed by atoms with Gasteiger partial charge in [-0.15, -0.1) is 0 Å². The summed E-state index contributed by atoms with van der Waals surface area (Å²) in [7, 11) is 0. The Morgan fingerprint density at radius 2 is 2.00 bits per heavy atom. The Morgan fingerprint density at radius 3 is 2.72 bits per heavy atom. The van der Waals surface area contributed by atoms with E-state index in [0.717, 1.165) is 18.5 Å². The Morgan fingerprint density at radius 1 is 1.28 bits per heavy atom. The van der Waals surface area contributed by atoms with Crippen molar-refractivity contribution in [2.24, 2.45) is 0 Å². The quantitative estimate of drug-likeness (QED) is 0.831. The van der Waals surface area contributed by atoms with Gasteiger partial charge in [-0.2, -0.15) is 0 Å². The van der Waals surface area contributed by atoms with Gasteiger partial charge in [0.2, 0.25) is 0 Å². The van der Waals surface area contributed by atoms with Crippen LogP contribution in [0.4, 0.5) is 4.39 Å². The third-order valence-electron chi connectivity index (χ3n) is 3.70. The van der Waals surface area contributed by atoms with Crippen molar-refractivity contribution in [2.75, 3.05) is 0 Å². The van der Waals surface area contributed by atoms with Crippen molar-refractivity contribution < 1.29 is 4.39 Å². The molecule has 18 heavy (non-hydrogen) atoms. The average Bonchev–Trinajstić information content (AvgIpc) is 2.87. The molecule has 0 bridgehead atoms. The minimum absolute atomic E-state index is 0.0595. The van der Waals surface area contributed by atoms with E-state index in [1.54, 1.807) is 0 Å². The molecule has 0 saturated heterocycles. The lowest BCUT2D eigenvalue weighted by atomic mass is 10.0. The summed E-state index contributed by atoms with van der Waals surface area (Å²) in [5, 5.41) is 0.451. The Bertz CT molecular complexity index is 659. The third kappa shape index (κ3) is 1.83. The molecule has 0 unspecified atom stereocenters. The summed E-state index contributed by atoms with van der Waals surface area (Å²) in [5.41, 5.74) is 1.02. The van der Waals surface area contributed by atoms with Gasteiger partial charge in [0.15, 0.2) is 5.43 Å². The molecule has 2 aromatic rings. The predicted octanol–water partition coefficient (Wildman–Crippen LogP) is 3.98. The normalized spacial score (nSPS) is 16.6. The second kappa shape index (κ2) is 4.39. The highest BCUT2D eigenvalue weighted by molar-refractivity contribution is 6.35. The molecule has 1 aromatic carbocycles. The molecule has 2 nitrogen and oxygen atoms in total. The van der Waals surface area contributed by atoms with E-state index in [-0.39, 0.29) is 10.8 Å². The molecule has 1 saturated carbocycles. The fraction of sp³-hybridized carbons (Fsp3) is 0.357. The second-order valence-electron chi connectivity index (χ2n) is 4.85.